The second kappa shape index (κ2) is 5.17. The molecule has 0 aromatic heterocycles. The SMILES string of the molecule is C=CC(=O)NC1CC2(C)C(=O)C(=Cc3ccccc3)C1(C)C2(C)C. The maximum atomic E-state index is 13.2. The predicted molar refractivity (Wildman–Crippen MR) is 96.2 cm³/mol. The molecule has 0 radical (unpaired) electrons. The molecule has 24 heavy (non-hydrogen) atoms. The largest absolute Gasteiger partial charge is 0.349 e. The van der Waals surface area contributed by atoms with Gasteiger partial charge in [-0.25, -0.2) is 0 Å². The molecular formula is C21H25NO2. The summed E-state index contributed by atoms with van der Waals surface area (Å²) in [5, 5.41) is 3.07. The van der Waals surface area contributed by atoms with Gasteiger partial charge in [0.05, 0.1) is 0 Å². The van der Waals surface area contributed by atoms with E-state index in [9.17, 15) is 9.59 Å². The third-order valence-corrected chi connectivity index (χ3v) is 6.90. The van der Waals surface area contributed by atoms with Crippen molar-refractivity contribution in [2.24, 2.45) is 16.2 Å². The minimum atomic E-state index is -0.471. The van der Waals surface area contributed by atoms with Gasteiger partial charge in [-0.1, -0.05) is 64.6 Å². The summed E-state index contributed by atoms with van der Waals surface area (Å²) < 4.78 is 0. The number of benzene rings is 1. The van der Waals surface area contributed by atoms with Gasteiger partial charge in [-0.2, -0.15) is 0 Å². The van der Waals surface area contributed by atoms with E-state index in [1.165, 1.54) is 6.08 Å². The van der Waals surface area contributed by atoms with Gasteiger partial charge in [-0.3, -0.25) is 9.59 Å². The van der Waals surface area contributed by atoms with Crippen molar-refractivity contribution in [1.29, 1.82) is 0 Å². The number of amides is 1. The minimum Gasteiger partial charge on any atom is -0.349 e. The zero-order chi connectivity index (χ0) is 17.8. The van der Waals surface area contributed by atoms with Crippen molar-refractivity contribution in [2.75, 3.05) is 0 Å². The Hall–Kier alpha value is -2.16. The van der Waals surface area contributed by atoms with E-state index < -0.39 is 10.8 Å². The summed E-state index contributed by atoms with van der Waals surface area (Å²) in [6.07, 6.45) is 3.97. The van der Waals surface area contributed by atoms with Crippen LogP contribution in [0.4, 0.5) is 0 Å². The van der Waals surface area contributed by atoms with Gasteiger partial charge < -0.3 is 5.32 Å². The van der Waals surface area contributed by atoms with Crippen LogP contribution < -0.4 is 5.32 Å². The molecule has 3 nitrogen and oxygen atoms in total. The maximum absolute atomic E-state index is 13.2. The quantitative estimate of drug-likeness (QED) is 0.861. The van der Waals surface area contributed by atoms with Crippen molar-refractivity contribution in [3.63, 3.8) is 0 Å². The molecule has 0 aliphatic heterocycles. The molecule has 0 spiro atoms. The number of nitrogens with one attached hydrogen (secondary N) is 1. The first-order valence-corrected chi connectivity index (χ1v) is 8.43. The molecule has 2 saturated carbocycles. The highest BCUT2D eigenvalue weighted by Crippen LogP contribution is 2.72. The number of hydrogen-bond donors (Lipinski definition) is 1. The third-order valence-electron chi connectivity index (χ3n) is 6.90. The maximum Gasteiger partial charge on any atom is 0.243 e. The number of fused-ring (bicyclic) bond motifs is 2. The Kier molecular flexibility index (Phi) is 3.59. The molecule has 1 amide bonds. The van der Waals surface area contributed by atoms with Crippen molar-refractivity contribution in [3.05, 3.63) is 54.1 Å². The molecule has 2 aliphatic rings. The first-order valence-electron chi connectivity index (χ1n) is 8.43. The van der Waals surface area contributed by atoms with E-state index >= 15 is 0 Å². The average molecular weight is 323 g/mol. The Bertz CT molecular complexity index is 746. The van der Waals surface area contributed by atoms with Crippen LogP contribution in [0, 0.1) is 16.2 Å². The van der Waals surface area contributed by atoms with Gasteiger partial charge >= 0.3 is 0 Å². The fourth-order valence-corrected chi connectivity index (χ4v) is 4.67. The molecule has 3 atom stereocenters. The van der Waals surface area contributed by atoms with E-state index in [2.05, 4.69) is 32.7 Å². The van der Waals surface area contributed by atoms with Gasteiger partial charge in [0.15, 0.2) is 5.78 Å². The fourth-order valence-electron chi connectivity index (χ4n) is 4.67. The lowest BCUT2D eigenvalue weighted by atomic mass is 9.64. The van der Waals surface area contributed by atoms with Crippen LogP contribution in [0.1, 0.15) is 39.7 Å². The second-order valence-corrected chi connectivity index (χ2v) is 7.93. The van der Waals surface area contributed by atoms with Gasteiger partial charge in [0, 0.05) is 22.4 Å². The van der Waals surface area contributed by atoms with Crippen molar-refractivity contribution in [1.82, 2.24) is 5.32 Å². The first kappa shape index (κ1) is 16.7. The zero-order valence-corrected chi connectivity index (χ0v) is 14.8. The minimum absolute atomic E-state index is 0.0735. The Morgan fingerprint density at radius 3 is 2.38 bits per heavy atom. The van der Waals surface area contributed by atoms with Crippen LogP contribution in [0.15, 0.2) is 48.6 Å². The van der Waals surface area contributed by atoms with E-state index in [0.29, 0.717) is 6.42 Å². The highest BCUT2D eigenvalue weighted by molar-refractivity contribution is 6.09. The van der Waals surface area contributed by atoms with Crippen LogP contribution in [-0.4, -0.2) is 17.7 Å². The summed E-state index contributed by atoms with van der Waals surface area (Å²) in [5.41, 5.74) is 0.718. The Morgan fingerprint density at radius 1 is 1.21 bits per heavy atom. The Balaban J connectivity index is 2.14. The molecule has 3 heteroatoms. The molecule has 2 aliphatic carbocycles. The molecule has 0 saturated heterocycles. The Morgan fingerprint density at radius 2 is 1.83 bits per heavy atom. The first-order chi connectivity index (χ1) is 11.2. The number of carbonyl (C=O) groups is 2. The van der Waals surface area contributed by atoms with Crippen molar-refractivity contribution in [3.8, 4) is 0 Å². The van der Waals surface area contributed by atoms with Crippen molar-refractivity contribution in [2.45, 2.75) is 40.2 Å². The Labute approximate surface area is 143 Å². The number of carbonyl (C=O) groups excluding carboxylic acids is 2. The molecule has 2 bridgehead atoms. The molecule has 3 unspecified atom stereocenters. The normalized spacial score (nSPS) is 35.2. The van der Waals surface area contributed by atoms with E-state index in [1.807, 2.05) is 43.3 Å². The topological polar surface area (TPSA) is 46.2 Å². The van der Waals surface area contributed by atoms with Crippen LogP contribution in [0.25, 0.3) is 6.08 Å². The van der Waals surface area contributed by atoms with Crippen molar-refractivity contribution < 1.29 is 9.59 Å². The number of ketones is 1. The highest BCUT2D eigenvalue weighted by Gasteiger charge is 2.74. The summed E-state index contributed by atoms with van der Waals surface area (Å²) in [6, 6.07) is 9.83. The monoisotopic (exact) mass is 323 g/mol. The third kappa shape index (κ3) is 1.90. The van der Waals surface area contributed by atoms with Gasteiger partial charge in [0.1, 0.15) is 0 Å². The van der Waals surface area contributed by atoms with Crippen molar-refractivity contribution >= 4 is 17.8 Å². The highest BCUT2D eigenvalue weighted by atomic mass is 16.1. The van der Waals surface area contributed by atoms with Crippen LogP contribution in [0.5, 0.6) is 0 Å². The standard InChI is InChI=1S/C21H25NO2/c1-6-17(23)22-16-13-20(4)18(24)15(21(16,5)19(20,2)3)12-14-10-8-7-9-11-14/h6-12,16H,1,13H2,2-5H3,(H,22,23). The summed E-state index contributed by atoms with van der Waals surface area (Å²) in [5.74, 6) is 0.0302. The molecule has 0 heterocycles. The van der Waals surface area contributed by atoms with Crippen LogP contribution in [-0.2, 0) is 9.59 Å². The van der Waals surface area contributed by atoms with E-state index in [1.54, 1.807) is 0 Å². The van der Waals surface area contributed by atoms with Gasteiger partial charge in [0.2, 0.25) is 5.91 Å². The summed E-state index contributed by atoms with van der Waals surface area (Å²) in [6.45, 7) is 12.0. The predicted octanol–water partition coefficient (Wildman–Crippen LogP) is 3.77. The lowest BCUT2D eigenvalue weighted by molar-refractivity contribution is -0.126. The zero-order valence-electron chi connectivity index (χ0n) is 14.8. The van der Waals surface area contributed by atoms with Gasteiger partial charge in [0.25, 0.3) is 0 Å². The van der Waals surface area contributed by atoms with Crippen LogP contribution in [0.2, 0.25) is 0 Å². The van der Waals surface area contributed by atoms with Crippen LogP contribution in [0.3, 0.4) is 0 Å². The number of hydrogen-bond acceptors (Lipinski definition) is 2. The number of rotatable bonds is 3. The van der Waals surface area contributed by atoms with Gasteiger partial charge in [-0.05, 0) is 29.6 Å². The molecule has 1 N–H and O–H groups in total. The summed E-state index contributed by atoms with van der Waals surface area (Å²) in [7, 11) is 0. The molecule has 1 aromatic carbocycles. The van der Waals surface area contributed by atoms with E-state index in [4.69, 9.17) is 0 Å². The molecule has 2 fully saturated rings. The van der Waals surface area contributed by atoms with Crippen LogP contribution >= 0.6 is 0 Å². The molecular weight excluding hydrogens is 298 g/mol. The fraction of sp³-hybridized carbons (Fsp3) is 0.429. The molecule has 126 valence electrons. The summed E-state index contributed by atoms with van der Waals surface area (Å²) >= 11 is 0. The van der Waals surface area contributed by atoms with Gasteiger partial charge in [-0.15, -0.1) is 0 Å². The average Bonchev–Trinajstić information content (AvgIpc) is 2.77. The smallest absolute Gasteiger partial charge is 0.243 e. The van der Waals surface area contributed by atoms with E-state index in [0.717, 1.165) is 11.1 Å². The second-order valence-electron chi connectivity index (χ2n) is 7.93. The van der Waals surface area contributed by atoms with E-state index in [-0.39, 0.29) is 23.1 Å². The summed E-state index contributed by atoms with van der Waals surface area (Å²) in [4.78, 5) is 25.1. The molecule has 1 aromatic rings. The lowest BCUT2D eigenvalue weighted by Crippen LogP contribution is -2.48. The molecule has 3 rings (SSSR count). The lowest BCUT2D eigenvalue weighted by Gasteiger charge is -2.40. The number of Topliss-reactive ketones (excluding diaryl/α,β-unsaturated/α-hetero) is 1.